The molecular formula is C15H23FN2O2. The molecule has 112 valence electrons. The van der Waals surface area contributed by atoms with Crippen molar-refractivity contribution in [2.45, 2.75) is 38.6 Å². The van der Waals surface area contributed by atoms with Gasteiger partial charge < -0.3 is 15.7 Å². The van der Waals surface area contributed by atoms with E-state index in [4.69, 9.17) is 10.8 Å². The summed E-state index contributed by atoms with van der Waals surface area (Å²) < 4.78 is 13.2. The number of carbonyl (C=O) groups is 1. The fourth-order valence-corrected chi connectivity index (χ4v) is 2.04. The first-order valence-corrected chi connectivity index (χ1v) is 6.89. The van der Waals surface area contributed by atoms with Crippen LogP contribution >= 0.6 is 0 Å². The van der Waals surface area contributed by atoms with Gasteiger partial charge in [-0.1, -0.05) is 6.07 Å². The van der Waals surface area contributed by atoms with Gasteiger partial charge in [0.15, 0.2) is 0 Å². The number of benzene rings is 1. The van der Waals surface area contributed by atoms with Gasteiger partial charge in [-0.05, 0) is 51.3 Å². The number of rotatable bonds is 8. The second-order valence-electron chi connectivity index (χ2n) is 5.24. The molecule has 0 fully saturated rings. The molecule has 0 radical (unpaired) electrons. The first-order valence-electron chi connectivity index (χ1n) is 6.89. The van der Waals surface area contributed by atoms with Crippen molar-refractivity contribution in [3.05, 3.63) is 30.1 Å². The molecule has 0 amide bonds. The summed E-state index contributed by atoms with van der Waals surface area (Å²) in [5.41, 5.74) is 5.35. The second-order valence-corrected chi connectivity index (χ2v) is 5.24. The number of unbranched alkanes of at least 4 members (excludes halogenated alkanes) is 1. The molecule has 1 aromatic carbocycles. The van der Waals surface area contributed by atoms with Gasteiger partial charge in [-0.2, -0.15) is 0 Å². The molecule has 0 aliphatic rings. The Morgan fingerprint density at radius 3 is 2.70 bits per heavy atom. The van der Waals surface area contributed by atoms with E-state index in [-0.39, 0.29) is 5.82 Å². The summed E-state index contributed by atoms with van der Waals surface area (Å²) >= 11 is 0. The highest BCUT2D eigenvalue weighted by Gasteiger charge is 2.26. The number of carboxylic acids is 1. The lowest BCUT2D eigenvalue weighted by atomic mass is 9.96. The quantitative estimate of drug-likeness (QED) is 0.719. The van der Waals surface area contributed by atoms with Crippen LogP contribution in [0.2, 0.25) is 0 Å². The molecule has 0 aliphatic heterocycles. The van der Waals surface area contributed by atoms with E-state index in [1.807, 2.05) is 13.0 Å². The Morgan fingerprint density at radius 2 is 2.15 bits per heavy atom. The second kappa shape index (κ2) is 7.24. The summed E-state index contributed by atoms with van der Waals surface area (Å²) in [5.74, 6) is -1.23. The smallest absolute Gasteiger partial charge is 0.323 e. The first-order chi connectivity index (χ1) is 9.36. The maximum Gasteiger partial charge on any atom is 0.323 e. The van der Waals surface area contributed by atoms with Crippen molar-refractivity contribution in [3.8, 4) is 0 Å². The molecule has 1 rings (SSSR count). The predicted octanol–water partition coefficient (Wildman–Crippen LogP) is 2.62. The summed E-state index contributed by atoms with van der Waals surface area (Å²) in [6.45, 7) is 5.08. The first kappa shape index (κ1) is 16.4. The van der Waals surface area contributed by atoms with E-state index in [0.29, 0.717) is 6.42 Å². The third-order valence-electron chi connectivity index (χ3n) is 3.42. The third-order valence-corrected chi connectivity index (χ3v) is 3.42. The SMILES string of the molecule is CCN(CCCCC(C)(N)C(=O)O)c1cccc(F)c1. The topological polar surface area (TPSA) is 66.6 Å². The Morgan fingerprint density at radius 1 is 1.45 bits per heavy atom. The van der Waals surface area contributed by atoms with E-state index >= 15 is 0 Å². The molecular weight excluding hydrogens is 259 g/mol. The lowest BCUT2D eigenvalue weighted by molar-refractivity contribution is -0.142. The van der Waals surface area contributed by atoms with Crippen LogP contribution in [-0.2, 0) is 4.79 Å². The van der Waals surface area contributed by atoms with Crippen molar-refractivity contribution in [3.63, 3.8) is 0 Å². The minimum atomic E-state index is -1.17. The Kier molecular flexibility index (Phi) is 5.95. The van der Waals surface area contributed by atoms with Gasteiger partial charge in [0.05, 0.1) is 0 Å². The van der Waals surface area contributed by atoms with Gasteiger partial charge in [-0.3, -0.25) is 4.79 Å². The molecule has 1 atom stereocenters. The average molecular weight is 282 g/mol. The maximum atomic E-state index is 13.2. The normalized spacial score (nSPS) is 13.8. The fraction of sp³-hybridized carbons (Fsp3) is 0.533. The lowest BCUT2D eigenvalue weighted by Gasteiger charge is -2.24. The molecule has 20 heavy (non-hydrogen) atoms. The van der Waals surface area contributed by atoms with Crippen LogP contribution in [0.5, 0.6) is 0 Å². The molecule has 0 bridgehead atoms. The summed E-state index contributed by atoms with van der Waals surface area (Å²) in [5, 5.41) is 8.93. The number of nitrogens with two attached hydrogens (primary N) is 1. The highest BCUT2D eigenvalue weighted by Crippen LogP contribution is 2.17. The number of aliphatic carboxylic acids is 1. The number of anilines is 1. The molecule has 4 nitrogen and oxygen atoms in total. The zero-order valence-electron chi connectivity index (χ0n) is 12.1. The van der Waals surface area contributed by atoms with Crippen LogP contribution in [0, 0.1) is 5.82 Å². The largest absolute Gasteiger partial charge is 0.480 e. The van der Waals surface area contributed by atoms with Crippen LogP contribution < -0.4 is 10.6 Å². The standard InChI is InChI=1S/C15H23FN2O2/c1-3-18(13-8-6-7-12(16)11-13)10-5-4-9-15(2,17)14(19)20/h6-8,11H,3-5,9-10,17H2,1-2H3,(H,19,20). The van der Waals surface area contributed by atoms with E-state index in [2.05, 4.69) is 4.90 Å². The summed E-state index contributed by atoms with van der Waals surface area (Å²) in [4.78, 5) is 13.0. The Bertz CT molecular complexity index is 449. The van der Waals surface area contributed by atoms with E-state index in [9.17, 15) is 9.18 Å². The Labute approximate surface area is 119 Å². The van der Waals surface area contributed by atoms with Crippen LogP contribution in [0.3, 0.4) is 0 Å². The molecule has 0 saturated carbocycles. The zero-order valence-corrected chi connectivity index (χ0v) is 12.1. The van der Waals surface area contributed by atoms with Gasteiger partial charge >= 0.3 is 5.97 Å². The maximum absolute atomic E-state index is 13.2. The van der Waals surface area contributed by atoms with Gasteiger partial charge in [0.1, 0.15) is 11.4 Å². The molecule has 0 spiro atoms. The van der Waals surface area contributed by atoms with Crippen molar-refractivity contribution >= 4 is 11.7 Å². The van der Waals surface area contributed by atoms with Crippen LogP contribution in [0.15, 0.2) is 24.3 Å². The Balaban J connectivity index is 2.45. The zero-order chi connectivity index (χ0) is 15.2. The number of carboxylic acid groups (broad SMARTS) is 1. The minimum absolute atomic E-state index is 0.249. The number of halogens is 1. The molecule has 5 heteroatoms. The van der Waals surface area contributed by atoms with Gasteiger partial charge in [-0.15, -0.1) is 0 Å². The van der Waals surface area contributed by atoms with Crippen LogP contribution in [0.4, 0.5) is 10.1 Å². The van der Waals surface area contributed by atoms with Gasteiger partial charge in [0.2, 0.25) is 0 Å². The van der Waals surface area contributed by atoms with Crippen LogP contribution in [-0.4, -0.2) is 29.7 Å². The van der Waals surface area contributed by atoms with Gasteiger partial charge in [-0.25, -0.2) is 4.39 Å². The van der Waals surface area contributed by atoms with Crippen LogP contribution in [0.25, 0.3) is 0 Å². The molecule has 0 aliphatic carbocycles. The number of nitrogens with zero attached hydrogens (tertiary/aromatic N) is 1. The van der Waals surface area contributed by atoms with Crippen molar-refractivity contribution < 1.29 is 14.3 Å². The van der Waals surface area contributed by atoms with E-state index in [1.165, 1.54) is 19.1 Å². The highest BCUT2D eigenvalue weighted by atomic mass is 19.1. The minimum Gasteiger partial charge on any atom is -0.480 e. The highest BCUT2D eigenvalue weighted by molar-refractivity contribution is 5.77. The van der Waals surface area contributed by atoms with Crippen molar-refractivity contribution in [1.29, 1.82) is 0 Å². The monoisotopic (exact) mass is 282 g/mol. The van der Waals surface area contributed by atoms with Crippen molar-refractivity contribution in [1.82, 2.24) is 0 Å². The predicted molar refractivity (Wildman–Crippen MR) is 78.4 cm³/mol. The average Bonchev–Trinajstić information content (AvgIpc) is 2.38. The number of hydrogen-bond acceptors (Lipinski definition) is 3. The van der Waals surface area contributed by atoms with Crippen LogP contribution in [0.1, 0.15) is 33.1 Å². The lowest BCUT2D eigenvalue weighted by Crippen LogP contribution is -2.44. The van der Waals surface area contributed by atoms with E-state index < -0.39 is 11.5 Å². The molecule has 1 aromatic rings. The summed E-state index contributed by atoms with van der Waals surface area (Å²) in [6.07, 6.45) is 1.98. The van der Waals surface area contributed by atoms with Crippen molar-refractivity contribution in [2.24, 2.45) is 5.73 Å². The van der Waals surface area contributed by atoms with Gasteiger partial charge in [0.25, 0.3) is 0 Å². The molecule has 3 N–H and O–H groups in total. The Hall–Kier alpha value is -1.62. The molecule has 1 unspecified atom stereocenters. The number of hydrogen-bond donors (Lipinski definition) is 2. The summed E-state index contributed by atoms with van der Waals surface area (Å²) in [6, 6.07) is 6.49. The molecule has 0 saturated heterocycles. The fourth-order valence-electron chi connectivity index (χ4n) is 2.04. The third kappa shape index (κ3) is 4.81. The van der Waals surface area contributed by atoms with E-state index in [0.717, 1.165) is 31.6 Å². The van der Waals surface area contributed by atoms with Crippen molar-refractivity contribution in [2.75, 3.05) is 18.0 Å². The summed E-state index contributed by atoms with van der Waals surface area (Å²) in [7, 11) is 0. The van der Waals surface area contributed by atoms with E-state index in [1.54, 1.807) is 6.07 Å². The van der Waals surface area contributed by atoms with Gasteiger partial charge in [0, 0.05) is 18.8 Å². The molecule has 0 aromatic heterocycles. The molecule has 0 heterocycles.